The molecule has 110 valence electrons. The molecule has 19 heavy (non-hydrogen) atoms. The molecule has 0 atom stereocenters. The van der Waals surface area contributed by atoms with E-state index in [9.17, 15) is 9.90 Å². The average molecular weight is 266 g/mol. The molecular formula is C17H30O2. The molecule has 2 nitrogen and oxygen atoms in total. The monoisotopic (exact) mass is 266 g/mol. The number of aliphatic carboxylic acids is 1. The molecule has 0 aromatic carbocycles. The highest BCUT2D eigenvalue weighted by molar-refractivity contribution is 5.75. The summed E-state index contributed by atoms with van der Waals surface area (Å²) in [5, 5.41) is 9.75. The van der Waals surface area contributed by atoms with E-state index in [0.29, 0.717) is 5.92 Å². The van der Waals surface area contributed by atoms with Gasteiger partial charge in [0.2, 0.25) is 0 Å². The molecule has 2 fully saturated rings. The molecule has 0 saturated heterocycles. The SMILES string of the molecule is CCCCC1CCC(C2(C(=O)O)CCCCC2)CC1. The maximum absolute atomic E-state index is 11.8. The molecule has 1 N–H and O–H groups in total. The number of rotatable bonds is 5. The largest absolute Gasteiger partial charge is 0.481 e. The van der Waals surface area contributed by atoms with Gasteiger partial charge in [0.1, 0.15) is 0 Å². The molecule has 0 unspecified atom stereocenters. The Kier molecular flexibility index (Phi) is 5.29. The molecule has 0 amide bonds. The molecule has 0 spiro atoms. The molecule has 0 heterocycles. The number of carboxylic acids is 1. The number of hydrogen-bond acceptors (Lipinski definition) is 1. The highest BCUT2D eigenvalue weighted by atomic mass is 16.4. The van der Waals surface area contributed by atoms with Gasteiger partial charge in [-0.05, 0) is 37.5 Å². The van der Waals surface area contributed by atoms with E-state index in [1.807, 2.05) is 0 Å². The molecular weight excluding hydrogens is 236 g/mol. The summed E-state index contributed by atoms with van der Waals surface area (Å²) in [6.45, 7) is 2.26. The molecule has 0 radical (unpaired) electrons. The van der Waals surface area contributed by atoms with Crippen molar-refractivity contribution in [1.82, 2.24) is 0 Å². The van der Waals surface area contributed by atoms with Gasteiger partial charge in [-0.15, -0.1) is 0 Å². The summed E-state index contributed by atoms with van der Waals surface area (Å²) >= 11 is 0. The number of carboxylic acid groups (broad SMARTS) is 1. The summed E-state index contributed by atoms with van der Waals surface area (Å²) in [5.41, 5.74) is -0.353. The molecule has 0 aromatic rings. The lowest BCUT2D eigenvalue weighted by Crippen LogP contribution is -2.42. The topological polar surface area (TPSA) is 37.3 Å². The van der Waals surface area contributed by atoms with E-state index in [2.05, 4.69) is 6.92 Å². The van der Waals surface area contributed by atoms with Gasteiger partial charge in [-0.1, -0.05) is 58.3 Å². The van der Waals surface area contributed by atoms with E-state index in [1.165, 1.54) is 51.4 Å². The summed E-state index contributed by atoms with van der Waals surface area (Å²) in [6.07, 6.45) is 14.3. The molecule has 0 aromatic heterocycles. The van der Waals surface area contributed by atoms with Crippen molar-refractivity contribution in [2.45, 2.75) is 84.0 Å². The number of unbranched alkanes of at least 4 members (excludes halogenated alkanes) is 1. The first kappa shape index (κ1) is 14.9. The van der Waals surface area contributed by atoms with E-state index in [0.717, 1.165) is 31.6 Å². The Morgan fingerprint density at radius 1 is 1.11 bits per heavy atom. The van der Waals surface area contributed by atoms with Gasteiger partial charge in [0.25, 0.3) is 0 Å². The van der Waals surface area contributed by atoms with Crippen molar-refractivity contribution >= 4 is 5.97 Å². The second-order valence-corrected chi connectivity index (χ2v) is 6.88. The van der Waals surface area contributed by atoms with Gasteiger partial charge in [0.15, 0.2) is 0 Å². The van der Waals surface area contributed by atoms with Crippen LogP contribution in [0, 0.1) is 17.3 Å². The second kappa shape index (κ2) is 6.76. The highest BCUT2D eigenvalue weighted by Gasteiger charge is 2.46. The third-order valence-corrected chi connectivity index (χ3v) is 5.77. The minimum absolute atomic E-state index is 0.353. The van der Waals surface area contributed by atoms with Crippen LogP contribution in [0.2, 0.25) is 0 Å². The summed E-state index contributed by atoms with van der Waals surface area (Å²) in [6, 6.07) is 0. The minimum Gasteiger partial charge on any atom is -0.481 e. The predicted molar refractivity (Wildman–Crippen MR) is 78.1 cm³/mol. The lowest BCUT2D eigenvalue weighted by atomic mass is 9.60. The van der Waals surface area contributed by atoms with Crippen LogP contribution in [-0.2, 0) is 4.79 Å². The van der Waals surface area contributed by atoms with Crippen molar-refractivity contribution in [3.05, 3.63) is 0 Å². The predicted octanol–water partition coefficient (Wildman–Crippen LogP) is 5.02. The maximum Gasteiger partial charge on any atom is 0.309 e. The van der Waals surface area contributed by atoms with Crippen LogP contribution in [-0.4, -0.2) is 11.1 Å². The molecule has 2 aliphatic carbocycles. The summed E-state index contributed by atoms with van der Waals surface area (Å²) in [4.78, 5) is 11.8. The molecule has 0 aliphatic heterocycles. The minimum atomic E-state index is -0.496. The zero-order valence-corrected chi connectivity index (χ0v) is 12.5. The fourth-order valence-corrected chi connectivity index (χ4v) is 4.48. The maximum atomic E-state index is 11.8. The lowest BCUT2D eigenvalue weighted by molar-refractivity contribution is -0.157. The average Bonchev–Trinajstić information content (AvgIpc) is 2.46. The normalized spacial score (nSPS) is 31.0. The molecule has 2 saturated carbocycles. The van der Waals surface area contributed by atoms with Crippen molar-refractivity contribution in [2.75, 3.05) is 0 Å². The van der Waals surface area contributed by atoms with Crippen molar-refractivity contribution in [1.29, 1.82) is 0 Å². The summed E-state index contributed by atoms with van der Waals surface area (Å²) < 4.78 is 0. The molecule has 2 heteroatoms. The zero-order chi connectivity index (χ0) is 13.7. The second-order valence-electron chi connectivity index (χ2n) is 6.88. The van der Waals surface area contributed by atoms with Gasteiger partial charge in [0.05, 0.1) is 5.41 Å². The quantitative estimate of drug-likeness (QED) is 0.758. The standard InChI is InChI=1S/C17H30O2/c1-2-3-7-14-8-10-15(11-9-14)17(16(18)19)12-5-4-6-13-17/h14-15H,2-13H2,1H3,(H,18,19). The van der Waals surface area contributed by atoms with Crippen molar-refractivity contribution in [3.63, 3.8) is 0 Å². The van der Waals surface area contributed by atoms with Gasteiger partial charge in [-0.25, -0.2) is 0 Å². The Morgan fingerprint density at radius 3 is 2.26 bits per heavy atom. The van der Waals surface area contributed by atoms with Gasteiger partial charge in [0, 0.05) is 0 Å². The Labute approximate surface area is 118 Å². The molecule has 2 rings (SSSR count). The van der Waals surface area contributed by atoms with Crippen LogP contribution in [0.1, 0.15) is 84.0 Å². The van der Waals surface area contributed by atoms with Crippen molar-refractivity contribution < 1.29 is 9.90 Å². The van der Waals surface area contributed by atoms with Crippen LogP contribution in [0.4, 0.5) is 0 Å². The van der Waals surface area contributed by atoms with Crippen LogP contribution in [0.25, 0.3) is 0 Å². The first-order chi connectivity index (χ1) is 9.19. The van der Waals surface area contributed by atoms with Gasteiger partial charge in [-0.3, -0.25) is 4.79 Å². The van der Waals surface area contributed by atoms with Gasteiger partial charge >= 0.3 is 5.97 Å². The van der Waals surface area contributed by atoms with Crippen LogP contribution < -0.4 is 0 Å². The zero-order valence-electron chi connectivity index (χ0n) is 12.5. The van der Waals surface area contributed by atoms with E-state index < -0.39 is 5.97 Å². The van der Waals surface area contributed by atoms with Gasteiger partial charge in [-0.2, -0.15) is 0 Å². The van der Waals surface area contributed by atoms with Crippen LogP contribution >= 0.6 is 0 Å². The summed E-state index contributed by atoms with van der Waals surface area (Å²) in [5.74, 6) is 0.845. The van der Waals surface area contributed by atoms with Crippen LogP contribution in [0.3, 0.4) is 0 Å². The Hall–Kier alpha value is -0.530. The lowest BCUT2D eigenvalue weighted by Gasteiger charge is -2.43. The molecule has 2 aliphatic rings. The van der Waals surface area contributed by atoms with E-state index in [-0.39, 0.29) is 5.41 Å². The smallest absolute Gasteiger partial charge is 0.309 e. The van der Waals surface area contributed by atoms with E-state index in [1.54, 1.807) is 0 Å². The van der Waals surface area contributed by atoms with Crippen molar-refractivity contribution in [3.8, 4) is 0 Å². The highest BCUT2D eigenvalue weighted by Crippen LogP contribution is 2.49. The fourth-order valence-electron chi connectivity index (χ4n) is 4.48. The number of carbonyl (C=O) groups is 1. The Morgan fingerprint density at radius 2 is 1.74 bits per heavy atom. The first-order valence-electron chi connectivity index (χ1n) is 8.42. The third-order valence-electron chi connectivity index (χ3n) is 5.77. The Balaban J connectivity index is 1.92. The first-order valence-corrected chi connectivity index (χ1v) is 8.42. The van der Waals surface area contributed by atoms with Crippen molar-refractivity contribution in [2.24, 2.45) is 17.3 Å². The van der Waals surface area contributed by atoms with Crippen LogP contribution in [0.5, 0.6) is 0 Å². The third kappa shape index (κ3) is 3.32. The molecule has 0 bridgehead atoms. The van der Waals surface area contributed by atoms with Crippen LogP contribution in [0.15, 0.2) is 0 Å². The number of hydrogen-bond donors (Lipinski definition) is 1. The van der Waals surface area contributed by atoms with Gasteiger partial charge < -0.3 is 5.11 Å². The fraction of sp³-hybridized carbons (Fsp3) is 0.941. The van der Waals surface area contributed by atoms with E-state index >= 15 is 0 Å². The summed E-state index contributed by atoms with van der Waals surface area (Å²) in [7, 11) is 0. The Bertz CT molecular complexity index is 284. The van der Waals surface area contributed by atoms with E-state index in [4.69, 9.17) is 0 Å².